The van der Waals surface area contributed by atoms with Crippen molar-refractivity contribution in [3.8, 4) is 23.8 Å². The normalized spacial score (nSPS) is 14.6. The van der Waals surface area contributed by atoms with E-state index < -0.39 is 84.1 Å². The summed E-state index contributed by atoms with van der Waals surface area (Å²) in [5.74, 6) is -0.832. The fourth-order valence-corrected chi connectivity index (χ4v) is 17.0. The number of esters is 2. The first kappa shape index (κ1) is 98.9. The standard InChI is InChI=1S/C28H27F2N7O.C25H27F2N7O.2C24H23F2N7O3/c1-28(2,20-12-11-18-7-3-4-8-19(18)17-20)35-25-32-26(36-13-15-38-16-14-36)34-27(33-25)37-22-10-6-5-9-21(22)31-24(37)23(29)30;1-25(2,16-17-8-4-3-5-9-17)32-22-29-23(33-12-14-35-15-13-33)31-24(30-22)34-19-11-7-6-10-18(19)28-21(34)20(26)27;2*1-35-21(34)18(15-7-3-2-4-8-15)28-22-29-23(32-11-13-36-14-12-32)31-24(30-22)33-17-10-6-5-9-16(17)27-20(33)19(25)26/h3-12,17,23H,13-16H2,1-2H3,(H,32,33,34,35);3-11,20H,12-16H2,1-2H3,(H,29,30,31,32);2*2-10,18-19H,11-14H2,1H3,(H,28,29,30,31)/t;;2*18-/m..10/s1. The molecule has 0 radical (unpaired) electrons. The second-order valence-electron chi connectivity index (χ2n) is 34.8. The summed E-state index contributed by atoms with van der Waals surface area (Å²) in [6.45, 7) is 16.6. The zero-order chi connectivity index (χ0) is 101. The van der Waals surface area contributed by atoms with Gasteiger partial charge in [0.05, 0.1) is 117 Å². The highest BCUT2D eigenvalue weighted by atomic mass is 19.3. The van der Waals surface area contributed by atoms with Gasteiger partial charge in [-0.15, -0.1) is 0 Å². The van der Waals surface area contributed by atoms with Crippen LogP contribution in [0.4, 0.5) is 82.7 Å². The summed E-state index contributed by atoms with van der Waals surface area (Å²) in [7, 11) is 2.56. The van der Waals surface area contributed by atoms with Crippen LogP contribution in [0.1, 0.15) is 111 Å². The number of morpholine rings is 4. The maximum absolute atomic E-state index is 14.1. The Labute approximate surface area is 824 Å². The lowest BCUT2D eigenvalue weighted by Gasteiger charge is -2.30. The number of methoxy groups -OCH3 is 2. The number of anilines is 8. The van der Waals surface area contributed by atoms with E-state index >= 15 is 0 Å². The average molecular weight is 1990 g/mol. The molecule has 4 fully saturated rings. The number of para-hydroxylation sites is 8. The van der Waals surface area contributed by atoms with Crippen LogP contribution >= 0.6 is 0 Å². The van der Waals surface area contributed by atoms with E-state index in [2.05, 4.69) is 152 Å². The molecule has 0 saturated carbocycles. The molecule has 21 rings (SSSR count). The molecule has 4 saturated heterocycles. The maximum Gasteiger partial charge on any atom is 0.333 e. The van der Waals surface area contributed by atoms with Crippen LogP contribution in [0.3, 0.4) is 0 Å². The Hall–Kier alpha value is -16.2. The minimum absolute atomic E-state index is 0.0266. The third-order valence-electron chi connectivity index (χ3n) is 24.1. The third kappa shape index (κ3) is 23.0. The lowest BCUT2D eigenvalue weighted by molar-refractivity contribution is -0.142. The molecule has 748 valence electrons. The van der Waals surface area contributed by atoms with E-state index in [-0.39, 0.29) is 53.5 Å². The highest BCUT2D eigenvalue weighted by Crippen LogP contribution is 2.37. The number of carbonyl (C=O) groups excluding carboxylic acids is 2. The molecule has 0 amide bonds. The summed E-state index contributed by atoms with van der Waals surface area (Å²) in [6.07, 6.45) is -10.6. The molecule has 9 aromatic carbocycles. The van der Waals surface area contributed by atoms with Crippen molar-refractivity contribution in [2.75, 3.05) is 160 Å². The summed E-state index contributed by atoms with van der Waals surface area (Å²) in [6, 6.07) is 68.0. The number of aromatic nitrogens is 20. The van der Waals surface area contributed by atoms with Crippen molar-refractivity contribution in [3.05, 3.63) is 276 Å². The molecule has 4 aliphatic rings. The summed E-state index contributed by atoms with van der Waals surface area (Å²) in [5, 5.41) is 15.1. The molecule has 44 heteroatoms. The van der Waals surface area contributed by atoms with Crippen LogP contribution in [-0.2, 0) is 50.0 Å². The van der Waals surface area contributed by atoms with Crippen LogP contribution < -0.4 is 40.9 Å². The highest BCUT2D eigenvalue weighted by molar-refractivity contribution is 5.85. The molecular weight excluding hydrogens is 1890 g/mol. The van der Waals surface area contributed by atoms with Gasteiger partial charge >= 0.3 is 11.9 Å². The summed E-state index contributed by atoms with van der Waals surface area (Å²) in [4.78, 5) is 104. The van der Waals surface area contributed by atoms with Crippen LogP contribution in [0.5, 0.6) is 0 Å². The topological polar surface area (TPSA) is 377 Å². The second kappa shape index (κ2) is 44.5. The first-order valence-corrected chi connectivity index (χ1v) is 46.7. The van der Waals surface area contributed by atoms with Gasteiger partial charge in [-0.05, 0) is 122 Å². The molecule has 0 bridgehead atoms. The molecule has 12 heterocycles. The van der Waals surface area contributed by atoms with Crippen molar-refractivity contribution in [1.82, 2.24) is 98.0 Å². The zero-order valence-corrected chi connectivity index (χ0v) is 79.4. The fraction of sp³-hybridized carbons (Fsp3) is 0.307. The number of nitrogens with one attached hydrogen (secondary N) is 4. The van der Waals surface area contributed by atoms with E-state index in [1.165, 1.54) is 32.5 Å². The number of fused-ring (bicyclic) bond motifs is 5. The molecule has 4 aliphatic heterocycles. The zero-order valence-electron chi connectivity index (χ0n) is 79.4. The Morgan fingerprint density at radius 2 is 0.593 bits per heavy atom. The number of alkyl halides is 8. The van der Waals surface area contributed by atoms with E-state index in [4.69, 9.17) is 33.4 Å². The summed E-state index contributed by atoms with van der Waals surface area (Å²) in [5.41, 5.74) is 5.98. The Morgan fingerprint density at radius 3 is 0.917 bits per heavy atom. The highest BCUT2D eigenvalue weighted by Gasteiger charge is 2.35. The van der Waals surface area contributed by atoms with Gasteiger partial charge in [0.25, 0.3) is 25.7 Å². The van der Waals surface area contributed by atoms with Crippen molar-refractivity contribution in [1.29, 1.82) is 0 Å². The molecule has 0 spiro atoms. The van der Waals surface area contributed by atoms with Gasteiger partial charge in [-0.3, -0.25) is 18.3 Å². The number of nitrogens with zero attached hydrogens (tertiary/aromatic N) is 24. The number of rotatable bonds is 27. The van der Waals surface area contributed by atoms with Crippen molar-refractivity contribution in [2.24, 2.45) is 0 Å². The van der Waals surface area contributed by atoms with E-state index in [1.807, 2.05) is 75.9 Å². The smallest absolute Gasteiger partial charge is 0.333 e. The third-order valence-corrected chi connectivity index (χ3v) is 24.1. The van der Waals surface area contributed by atoms with Gasteiger partial charge in [0.2, 0.25) is 71.4 Å². The lowest BCUT2D eigenvalue weighted by atomic mass is 9.92. The Balaban J connectivity index is 0.000000127. The fourth-order valence-electron chi connectivity index (χ4n) is 17.0. The van der Waals surface area contributed by atoms with Gasteiger partial charge < -0.3 is 69.3 Å². The number of hydrogen-bond acceptors (Lipinski definition) is 32. The van der Waals surface area contributed by atoms with E-state index in [1.54, 1.807) is 146 Å². The van der Waals surface area contributed by atoms with Gasteiger partial charge in [0.1, 0.15) is 0 Å². The molecule has 145 heavy (non-hydrogen) atoms. The molecule has 17 aromatic rings. The van der Waals surface area contributed by atoms with Crippen molar-refractivity contribution in [3.63, 3.8) is 0 Å². The van der Waals surface area contributed by atoms with Crippen molar-refractivity contribution in [2.45, 2.75) is 83.0 Å². The minimum Gasteiger partial charge on any atom is -0.467 e. The summed E-state index contributed by atoms with van der Waals surface area (Å²) >= 11 is 0. The van der Waals surface area contributed by atoms with Crippen molar-refractivity contribution < 1.29 is 73.1 Å². The number of halogens is 8. The second-order valence-corrected chi connectivity index (χ2v) is 34.8. The van der Waals surface area contributed by atoms with E-state index in [9.17, 15) is 44.7 Å². The maximum atomic E-state index is 14.1. The Kier molecular flexibility index (Phi) is 30.4. The molecular formula is C101H100F8N28O8. The largest absolute Gasteiger partial charge is 0.467 e. The quantitative estimate of drug-likeness (QED) is 0.0274. The Bertz CT molecular complexity index is 7150. The lowest BCUT2D eigenvalue weighted by Crippen LogP contribution is -2.38. The minimum atomic E-state index is -2.87. The van der Waals surface area contributed by atoms with Crippen LogP contribution in [-0.4, -0.2) is 235 Å². The van der Waals surface area contributed by atoms with Crippen molar-refractivity contribution >= 4 is 114 Å². The van der Waals surface area contributed by atoms with Crippen LogP contribution in [0, 0.1) is 0 Å². The molecule has 0 aliphatic carbocycles. The molecule has 8 aromatic heterocycles. The van der Waals surface area contributed by atoms with Gasteiger partial charge in [-0.25, -0.2) is 64.6 Å². The number of carbonyl (C=O) groups is 2. The van der Waals surface area contributed by atoms with E-state index in [0.29, 0.717) is 178 Å². The van der Waals surface area contributed by atoms with Crippen LogP contribution in [0.15, 0.2) is 231 Å². The van der Waals surface area contributed by atoms with Gasteiger partial charge in [0.15, 0.2) is 35.4 Å². The van der Waals surface area contributed by atoms with Gasteiger partial charge in [-0.2, -0.15) is 59.8 Å². The monoisotopic (exact) mass is 1980 g/mol. The number of benzene rings is 9. The number of ether oxygens (including phenoxy) is 6. The Morgan fingerprint density at radius 1 is 0.317 bits per heavy atom. The predicted molar refractivity (Wildman–Crippen MR) is 528 cm³/mol. The van der Waals surface area contributed by atoms with Gasteiger partial charge in [0, 0.05) is 57.9 Å². The predicted octanol–water partition coefficient (Wildman–Crippen LogP) is 16.5. The van der Waals surface area contributed by atoms with E-state index in [0.717, 1.165) is 28.3 Å². The molecule has 36 nitrogen and oxygen atoms in total. The van der Waals surface area contributed by atoms with Gasteiger partial charge in [-0.1, -0.05) is 176 Å². The molecule has 4 N–H and O–H groups in total. The number of hydrogen-bond donors (Lipinski definition) is 4. The SMILES string of the molecule is CC(C)(Cc1ccccc1)Nc1nc(N2CCOCC2)nc(-n2c(C(F)F)nc3ccccc32)n1.CC(C)(Nc1nc(N2CCOCC2)nc(-n2c(C(F)F)nc3ccccc32)n1)c1ccc2ccccc2c1.COC(=O)[C@@H](Nc1nc(N2CCOCC2)nc(-n2c(C(F)F)nc3ccccc32)n1)c1ccccc1.COC(=O)[C@H](Nc1nc(N2CCOCC2)nc(-n2c(C(F)F)nc3ccccc32)n1)c1ccccc1. The van der Waals surface area contributed by atoms with Crippen LogP contribution in [0.2, 0.25) is 0 Å². The number of imidazole rings is 4. The molecule has 0 unspecified atom stereocenters. The first-order valence-electron chi connectivity index (χ1n) is 46.7. The summed E-state index contributed by atoms with van der Waals surface area (Å²) < 4.78 is 149. The average Bonchev–Trinajstić information content (AvgIpc) is 1.68. The first-order chi connectivity index (χ1) is 70.4. The molecule has 2 atom stereocenters. The van der Waals surface area contributed by atoms with Crippen LogP contribution in [0.25, 0.3) is 78.7 Å².